The average molecular weight is 345 g/mol. The van der Waals surface area contributed by atoms with E-state index in [-0.39, 0.29) is 0 Å². The summed E-state index contributed by atoms with van der Waals surface area (Å²) in [6.45, 7) is 2.14. The number of nitrogens with two attached hydrogens (primary N) is 1. The Hall–Kier alpha value is -0.690. The number of aryl methyl sites for hydroxylation is 1. The number of rotatable bonds is 3. The van der Waals surface area contributed by atoms with Crippen LogP contribution >= 0.6 is 33.9 Å². The van der Waals surface area contributed by atoms with Gasteiger partial charge in [0.25, 0.3) is 0 Å². The van der Waals surface area contributed by atoms with Gasteiger partial charge in [0.1, 0.15) is 5.82 Å². The lowest BCUT2D eigenvalue weighted by molar-refractivity contribution is 0.869. The first-order valence-electron chi connectivity index (χ1n) is 5.06. The summed E-state index contributed by atoms with van der Waals surface area (Å²) in [7, 11) is 0. The van der Waals surface area contributed by atoms with Crippen molar-refractivity contribution in [3.63, 3.8) is 0 Å². The number of halogens is 1. The SMILES string of the molecule is CCCc1nc(-c2ccsc2)nc(N)c1I. The number of aromatic nitrogens is 2. The second-order valence-corrected chi connectivity index (χ2v) is 5.31. The minimum Gasteiger partial charge on any atom is -0.383 e. The molecule has 0 aromatic carbocycles. The molecule has 2 rings (SSSR count). The molecular weight excluding hydrogens is 333 g/mol. The van der Waals surface area contributed by atoms with Crippen LogP contribution in [0.25, 0.3) is 11.4 Å². The molecule has 0 aliphatic carbocycles. The first-order valence-corrected chi connectivity index (χ1v) is 7.09. The van der Waals surface area contributed by atoms with Crippen LogP contribution in [-0.2, 0) is 6.42 Å². The fourth-order valence-corrected chi connectivity index (χ4v) is 2.58. The summed E-state index contributed by atoms with van der Waals surface area (Å²) in [5.74, 6) is 1.32. The normalized spacial score (nSPS) is 10.6. The quantitative estimate of drug-likeness (QED) is 0.868. The van der Waals surface area contributed by atoms with Gasteiger partial charge in [0.2, 0.25) is 0 Å². The molecule has 0 radical (unpaired) electrons. The van der Waals surface area contributed by atoms with Crippen LogP contribution in [0.15, 0.2) is 16.8 Å². The van der Waals surface area contributed by atoms with Gasteiger partial charge in [0, 0.05) is 10.9 Å². The van der Waals surface area contributed by atoms with Gasteiger partial charge in [0.15, 0.2) is 5.82 Å². The molecule has 0 saturated carbocycles. The average Bonchev–Trinajstić information content (AvgIpc) is 2.78. The summed E-state index contributed by atoms with van der Waals surface area (Å²) in [4.78, 5) is 8.90. The molecule has 2 aromatic heterocycles. The zero-order valence-electron chi connectivity index (χ0n) is 8.90. The summed E-state index contributed by atoms with van der Waals surface area (Å²) in [5, 5.41) is 4.06. The Balaban J connectivity index is 2.48. The van der Waals surface area contributed by atoms with Crippen molar-refractivity contribution >= 4 is 39.7 Å². The Morgan fingerprint density at radius 2 is 2.25 bits per heavy atom. The first-order chi connectivity index (χ1) is 7.72. The summed E-state index contributed by atoms with van der Waals surface area (Å²) < 4.78 is 0.985. The predicted molar refractivity (Wildman–Crippen MR) is 76.5 cm³/mol. The van der Waals surface area contributed by atoms with E-state index < -0.39 is 0 Å². The van der Waals surface area contributed by atoms with Crippen LogP contribution in [0, 0.1) is 3.57 Å². The van der Waals surface area contributed by atoms with Crippen LogP contribution in [0.2, 0.25) is 0 Å². The Bertz CT molecular complexity index is 482. The van der Waals surface area contributed by atoms with E-state index in [1.807, 2.05) is 16.8 Å². The van der Waals surface area contributed by atoms with Gasteiger partial charge in [-0.15, -0.1) is 0 Å². The van der Waals surface area contributed by atoms with Gasteiger partial charge in [-0.2, -0.15) is 11.3 Å². The number of hydrogen-bond donors (Lipinski definition) is 1. The van der Waals surface area contributed by atoms with Crippen LogP contribution in [0.3, 0.4) is 0 Å². The number of hydrogen-bond acceptors (Lipinski definition) is 4. The van der Waals surface area contributed by atoms with Gasteiger partial charge >= 0.3 is 0 Å². The third kappa shape index (κ3) is 2.35. The van der Waals surface area contributed by atoms with Crippen LogP contribution < -0.4 is 5.73 Å². The minimum atomic E-state index is 0.584. The molecule has 0 amide bonds. The number of anilines is 1. The highest BCUT2D eigenvalue weighted by Crippen LogP contribution is 2.24. The van der Waals surface area contributed by atoms with E-state index in [9.17, 15) is 0 Å². The molecular formula is C11H12IN3S. The molecule has 2 aromatic rings. The predicted octanol–water partition coefficient (Wildman–Crippen LogP) is 3.34. The van der Waals surface area contributed by atoms with Crippen molar-refractivity contribution in [3.05, 3.63) is 26.1 Å². The van der Waals surface area contributed by atoms with Gasteiger partial charge < -0.3 is 5.73 Å². The largest absolute Gasteiger partial charge is 0.383 e. The van der Waals surface area contributed by atoms with Crippen molar-refractivity contribution in [1.29, 1.82) is 0 Å². The molecule has 0 spiro atoms. The van der Waals surface area contributed by atoms with Gasteiger partial charge in [0.05, 0.1) is 9.26 Å². The van der Waals surface area contributed by atoms with Crippen molar-refractivity contribution in [2.75, 3.05) is 5.73 Å². The van der Waals surface area contributed by atoms with Crippen molar-refractivity contribution in [2.45, 2.75) is 19.8 Å². The highest BCUT2D eigenvalue weighted by molar-refractivity contribution is 14.1. The zero-order chi connectivity index (χ0) is 11.5. The molecule has 2 N–H and O–H groups in total. The molecule has 84 valence electrons. The van der Waals surface area contributed by atoms with Crippen LogP contribution in [-0.4, -0.2) is 9.97 Å². The lowest BCUT2D eigenvalue weighted by Crippen LogP contribution is -2.04. The van der Waals surface area contributed by atoms with Crippen molar-refractivity contribution in [1.82, 2.24) is 9.97 Å². The number of nitrogen functional groups attached to an aromatic ring is 1. The van der Waals surface area contributed by atoms with E-state index in [4.69, 9.17) is 5.73 Å². The maximum Gasteiger partial charge on any atom is 0.162 e. The maximum absolute atomic E-state index is 5.90. The molecule has 3 nitrogen and oxygen atoms in total. The number of nitrogens with zero attached hydrogens (tertiary/aromatic N) is 2. The maximum atomic E-state index is 5.90. The van der Waals surface area contributed by atoms with Crippen LogP contribution in [0.1, 0.15) is 19.0 Å². The van der Waals surface area contributed by atoms with E-state index in [1.54, 1.807) is 11.3 Å². The Morgan fingerprint density at radius 1 is 1.44 bits per heavy atom. The summed E-state index contributed by atoms with van der Waals surface area (Å²) in [5.41, 5.74) is 8.00. The fraction of sp³-hybridized carbons (Fsp3) is 0.273. The molecule has 2 heterocycles. The van der Waals surface area contributed by atoms with E-state index >= 15 is 0 Å². The minimum absolute atomic E-state index is 0.584. The lowest BCUT2D eigenvalue weighted by Gasteiger charge is -2.07. The van der Waals surface area contributed by atoms with Gasteiger partial charge in [-0.25, -0.2) is 9.97 Å². The van der Waals surface area contributed by atoms with Crippen molar-refractivity contribution in [2.24, 2.45) is 0 Å². The van der Waals surface area contributed by atoms with Crippen molar-refractivity contribution < 1.29 is 0 Å². The molecule has 0 aliphatic rings. The van der Waals surface area contributed by atoms with E-state index in [2.05, 4.69) is 39.5 Å². The molecule has 0 aliphatic heterocycles. The molecule has 16 heavy (non-hydrogen) atoms. The van der Waals surface area contributed by atoms with E-state index in [0.717, 1.165) is 33.5 Å². The standard InChI is InChI=1S/C11H12IN3S/c1-2-3-8-9(12)10(13)15-11(14-8)7-4-5-16-6-7/h4-6H,2-3H2,1H3,(H2,13,14,15). The Kier molecular flexibility index (Phi) is 3.75. The monoisotopic (exact) mass is 345 g/mol. The summed E-state index contributed by atoms with van der Waals surface area (Å²) in [6, 6.07) is 2.02. The second kappa shape index (κ2) is 5.09. The van der Waals surface area contributed by atoms with Crippen LogP contribution in [0.4, 0.5) is 5.82 Å². The van der Waals surface area contributed by atoms with Gasteiger partial charge in [-0.1, -0.05) is 13.3 Å². The molecule has 0 atom stereocenters. The molecule has 0 fully saturated rings. The summed E-state index contributed by atoms with van der Waals surface area (Å²) in [6.07, 6.45) is 2.01. The lowest BCUT2D eigenvalue weighted by atomic mass is 10.2. The highest BCUT2D eigenvalue weighted by Gasteiger charge is 2.10. The molecule has 0 bridgehead atoms. The smallest absolute Gasteiger partial charge is 0.162 e. The van der Waals surface area contributed by atoms with Crippen molar-refractivity contribution in [3.8, 4) is 11.4 Å². The molecule has 5 heteroatoms. The third-order valence-corrected chi connectivity index (χ3v) is 4.07. The van der Waals surface area contributed by atoms with Gasteiger partial charge in [-0.05, 0) is 40.5 Å². The Morgan fingerprint density at radius 3 is 2.88 bits per heavy atom. The molecule has 0 saturated heterocycles. The van der Waals surface area contributed by atoms with E-state index in [0.29, 0.717) is 5.82 Å². The topological polar surface area (TPSA) is 51.8 Å². The summed E-state index contributed by atoms with van der Waals surface area (Å²) >= 11 is 3.86. The first kappa shape index (κ1) is 11.8. The molecule has 0 unspecified atom stereocenters. The fourth-order valence-electron chi connectivity index (χ4n) is 1.44. The highest BCUT2D eigenvalue weighted by atomic mass is 127. The van der Waals surface area contributed by atoms with Gasteiger partial charge in [-0.3, -0.25) is 0 Å². The zero-order valence-corrected chi connectivity index (χ0v) is 11.9. The third-order valence-electron chi connectivity index (χ3n) is 2.21. The Labute approximate surface area is 112 Å². The van der Waals surface area contributed by atoms with Crippen LogP contribution in [0.5, 0.6) is 0 Å². The number of thiophene rings is 1. The second-order valence-electron chi connectivity index (χ2n) is 3.46. The van der Waals surface area contributed by atoms with E-state index in [1.165, 1.54) is 0 Å².